The maximum absolute atomic E-state index is 12.4. The Labute approximate surface area is 125 Å². The second kappa shape index (κ2) is 5.70. The number of nitrogens with zero attached hydrogens (tertiary/aromatic N) is 1. The van der Waals surface area contributed by atoms with Crippen LogP contribution in [-0.2, 0) is 14.8 Å². The molecule has 0 fully saturated rings. The molecule has 2 rings (SSSR count). The number of nitrogens with two attached hydrogens (primary N) is 1. The summed E-state index contributed by atoms with van der Waals surface area (Å²) in [5.41, 5.74) is 6.43. The van der Waals surface area contributed by atoms with E-state index in [1.807, 2.05) is 0 Å². The van der Waals surface area contributed by atoms with Crippen LogP contribution in [0.2, 0.25) is 0 Å². The Bertz CT molecular complexity index is 784. The van der Waals surface area contributed by atoms with Gasteiger partial charge in [0.1, 0.15) is 4.90 Å². The maximum Gasteiger partial charge on any atom is 0.339 e. The number of carbonyl (C=O) groups excluding carboxylic acids is 1. The lowest BCUT2D eigenvalue weighted by atomic mass is 10.2. The van der Waals surface area contributed by atoms with Crippen molar-refractivity contribution in [3.8, 4) is 0 Å². The van der Waals surface area contributed by atoms with Gasteiger partial charge in [-0.05, 0) is 25.1 Å². The van der Waals surface area contributed by atoms with Gasteiger partial charge in [-0.3, -0.25) is 4.72 Å². The number of thiazole rings is 1. The molecule has 2 aromatic rings. The normalized spacial score (nSPS) is 11.1. The Kier molecular flexibility index (Phi) is 4.14. The van der Waals surface area contributed by atoms with Gasteiger partial charge in [0.25, 0.3) is 10.0 Å². The van der Waals surface area contributed by atoms with Crippen molar-refractivity contribution in [2.45, 2.75) is 11.8 Å². The van der Waals surface area contributed by atoms with Crippen LogP contribution in [0.1, 0.15) is 16.1 Å². The Morgan fingerprint density at radius 3 is 2.71 bits per heavy atom. The van der Waals surface area contributed by atoms with Crippen LogP contribution in [0.4, 0.5) is 10.8 Å². The molecule has 1 heterocycles. The van der Waals surface area contributed by atoms with E-state index in [0.717, 1.165) is 11.3 Å². The molecule has 0 saturated carbocycles. The fraction of sp³-hybridized carbons (Fsp3) is 0.167. The Morgan fingerprint density at radius 1 is 1.43 bits per heavy atom. The van der Waals surface area contributed by atoms with E-state index in [0.29, 0.717) is 5.69 Å². The minimum absolute atomic E-state index is 0.0903. The van der Waals surface area contributed by atoms with Gasteiger partial charge in [0, 0.05) is 11.1 Å². The average Bonchev–Trinajstić information content (AvgIpc) is 2.82. The highest BCUT2D eigenvalue weighted by Gasteiger charge is 2.24. The topological polar surface area (TPSA) is 111 Å². The summed E-state index contributed by atoms with van der Waals surface area (Å²) in [5, 5.41) is 1.92. The molecule has 1 aromatic carbocycles. The number of ether oxygens (including phenoxy) is 1. The summed E-state index contributed by atoms with van der Waals surface area (Å²) in [5.74, 6) is -0.759. The van der Waals surface area contributed by atoms with Crippen LogP contribution < -0.4 is 10.5 Å². The van der Waals surface area contributed by atoms with Crippen molar-refractivity contribution >= 4 is 38.1 Å². The Balaban J connectivity index is 2.48. The van der Waals surface area contributed by atoms with Crippen LogP contribution in [0.15, 0.2) is 28.5 Å². The van der Waals surface area contributed by atoms with E-state index in [-0.39, 0.29) is 21.3 Å². The number of hydrogen-bond acceptors (Lipinski definition) is 7. The van der Waals surface area contributed by atoms with Crippen LogP contribution in [0, 0.1) is 6.92 Å². The lowest BCUT2D eigenvalue weighted by Gasteiger charge is -2.10. The number of hydrogen-bond donors (Lipinski definition) is 2. The molecule has 0 bridgehead atoms. The van der Waals surface area contributed by atoms with E-state index in [9.17, 15) is 13.2 Å². The lowest BCUT2D eigenvalue weighted by molar-refractivity contribution is 0.0596. The third-order valence-corrected chi connectivity index (χ3v) is 4.92. The molecule has 7 nitrogen and oxygen atoms in total. The lowest BCUT2D eigenvalue weighted by Crippen LogP contribution is -2.18. The van der Waals surface area contributed by atoms with E-state index in [4.69, 9.17) is 5.73 Å². The quantitative estimate of drug-likeness (QED) is 0.652. The van der Waals surface area contributed by atoms with E-state index in [2.05, 4.69) is 14.4 Å². The minimum Gasteiger partial charge on any atom is -0.465 e. The Morgan fingerprint density at radius 2 is 2.14 bits per heavy atom. The molecule has 1 aromatic heterocycles. The SMILES string of the molecule is COC(=O)c1ccc(N)cc1S(=O)(=O)Nc1nc(C)cs1. The van der Waals surface area contributed by atoms with Crippen molar-refractivity contribution < 1.29 is 17.9 Å². The zero-order valence-electron chi connectivity index (χ0n) is 11.3. The summed E-state index contributed by atoms with van der Waals surface area (Å²) in [6.07, 6.45) is 0. The fourth-order valence-corrected chi connectivity index (χ4v) is 3.78. The summed E-state index contributed by atoms with van der Waals surface area (Å²) in [4.78, 5) is 15.5. The number of carbonyl (C=O) groups is 1. The van der Waals surface area contributed by atoms with Crippen LogP contribution in [0.25, 0.3) is 0 Å². The van der Waals surface area contributed by atoms with Crippen molar-refractivity contribution in [1.29, 1.82) is 0 Å². The molecule has 9 heteroatoms. The zero-order valence-corrected chi connectivity index (χ0v) is 12.9. The molecule has 21 heavy (non-hydrogen) atoms. The first kappa shape index (κ1) is 15.3. The van der Waals surface area contributed by atoms with E-state index < -0.39 is 16.0 Å². The summed E-state index contributed by atoms with van der Waals surface area (Å²) in [6, 6.07) is 3.94. The molecule has 0 spiro atoms. The number of nitrogen functional groups attached to an aromatic ring is 1. The minimum atomic E-state index is -3.99. The first-order valence-corrected chi connectivity index (χ1v) is 8.12. The third-order valence-electron chi connectivity index (χ3n) is 2.54. The second-order valence-corrected chi connectivity index (χ2v) is 6.66. The van der Waals surface area contributed by atoms with Crippen LogP contribution in [-0.4, -0.2) is 26.5 Å². The van der Waals surface area contributed by atoms with Crippen LogP contribution in [0.3, 0.4) is 0 Å². The van der Waals surface area contributed by atoms with Gasteiger partial charge in [-0.25, -0.2) is 18.2 Å². The van der Waals surface area contributed by atoms with E-state index >= 15 is 0 Å². The van der Waals surface area contributed by atoms with Gasteiger partial charge in [0.05, 0.1) is 18.4 Å². The number of aryl methyl sites for hydroxylation is 1. The number of methoxy groups -OCH3 is 1. The smallest absolute Gasteiger partial charge is 0.339 e. The van der Waals surface area contributed by atoms with Crippen molar-refractivity contribution in [3.05, 3.63) is 34.8 Å². The van der Waals surface area contributed by atoms with Gasteiger partial charge in [0.2, 0.25) is 0 Å². The van der Waals surface area contributed by atoms with Crippen molar-refractivity contribution in [2.24, 2.45) is 0 Å². The predicted octanol–water partition coefficient (Wildman–Crippen LogP) is 1.62. The summed E-state index contributed by atoms with van der Waals surface area (Å²) >= 11 is 1.15. The number of benzene rings is 1. The average molecular weight is 327 g/mol. The molecule has 0 amide bonds. The number of sulfonamides is 1. The predicted molar refractivity (Wildman–Crippen MR) is 79.9 cm³/mol. The number of esters is 1. The first-order valence-electron chi connectivity index (χ1n) is 5.76. The second-order valence-electron chi connectivity index (χ2n) is 4.15. The summed E-state index contributed by atoms with van der Waals surface area (Å²) in [6.45, 7) is 1.74. The molecule has 0 radical (unpaired) electrons. The van der Waals surface area contributed by atoms with Crippen molar-refractivity contribution in [3.63, 3.8) is 0 Å². The van der Waals surface area contributed by atoms with Gasteiger partial charge in [-0.2, -0.15) is 0 Å². The molecule has 0 aliphatic heterocycles. The first-order chi connectivity index (χ1) is 9.83. The van der Waals surface area contributed by atoms with Crippen LogP contribution in [0.5, 0.6) is 0 Å². The number of rotatable bonds is 4. The van der Waals surface area contributed by atoms with Gasteiger partial charge < -0.3 is 10.5 Å². The van der Waals surface area contributed by atoms with Gasteiger partial charge in [0.15, 0.2) is 5.13 Å². The molecule has 3 N–H and O–H groups in total. The van der Waals surface area contributed by atoms with Crippen LogP contribution >= 0.6 is 11.3 Å². The molecule has 0 unspecified atom stereocenters. The highest BCUT2D eigenvalue weighted by Crippen LogP contribution is 2.24. The van der Waals surface area contributed by atoms with Gasteiger partial charge in [-0.1, -0.05) is 0 Å². The highest BCUT2D eigenvalue weighted by atomic mass is 32.2. The van der Waals surface area contributed by atoms with Gasteiger partial charge >= 0.3 is 5.97 Å². The third kappa shape index (κ3) is 3.31. The number of aromatic nitrogens is 1. The highest BCUT2D eigenvalue weighted by molar-refractivity contribution is 7.93. The van der Waals surface area contributed by atoms with Crippen molar-refractivity contribution in [1.82, 2.24) is 4.98 Å². The largest absolute Gasteiger partial charge is 0.465 e. The number of anilines is 2. The molecule has 0 aliphatic carbocycles. The molecular weight excluding hydrogens is 314 g/mol. The van der Waals surface area contributed by atoms with Gasteiger partial charge in [-0.15, -0.1) is 11.3 Å². The molecule has 112 valence electrons. The van der Waals surface area contributed by atoms with E-state index in [1.165, 1.54) is 25.3 Å². The molecule has 0 saturated heterocycles. The Hall–Kier alpha value is -2.13. The summed E-state index contributed by atoms with van der Waals surface area (Å²) in [7, 11) is -2.82. The van der Waals surface area contributed by atoms with Crippen molar-refractivity contribution in [2.75, 3.05) is 17.6 Å². The molecular formula is C12H13N3O4S2. The maximum atomic E-state index is 12.4. The fourth-order valence-electron chi connectivity index (χ4n) is 1.61. The van der Waals surface area contributed by atoms with E-state index in [1.54, 1.807) is 12.3 Å². The zero-order chi connectivity index (χ0) is 15.6. The standard InChI is InChI=1S/C12H13N3O4S2/c1-7-6-20-12(14-7)15-21(17,18)10-5-8(13)3-4-9(10)11(16)19-2/h3-6H,13H2,1-2H3,(H,14,15). The monoisotopic (exact) mass is 327 g/mol. The number of nitrogens with one attached hydrogen (secondary N) is 1. The summed E-state index contributed by atoms with van der Waals surface area (Å²) < 4.78 is 31.7. The molecule has 0 atom stereocenters. The molecule has 0 aliphatic rings.